The first kappa shape index (κ1) is 22.4. The number of ketones is 1. The highest BCUT2D eigenvalue weighted by Crippen LogP contribution is 2.37. The highest BCUT2D eigenvalue weighted by molar-refractivity contribution is 6.03. The molecule has 0 aliphatic heterocycles. The number of esters is 1. The Morgan fingerprint density at radius 1 is 0.897 bits per heavy atom. The third kappa shape index (κ3) is 4.60. The Morgan fingerprint density at radius 2 is 1.41 bits per heavy atom. The van der Waals surface area contributed by atoms with Crippen LogP contribution in [0.2, 0.25) is 0 Å². The fraction of sp³-hybridized carbons (Fsp3) is 0.263. The van der Waals surface area contributed by atoms with E-state index in [2.05, 4.69) is 9.47 Å². The van der Waals surface area contributed by atoms with E-state index in [0.29, 0.717) is 0 Å². The van der Waals surface area contributed by atoms with Crippen LogP contribution in [0.25, 0.3) is 0 Å². The lowest BCUT2D eigenvalue weighted by Gasteiger charge is -2.29. The Bertz CT molecular complexity index is 843. The van der Waals surface area contributed by atoms with Gasteiger partial charge in [0.1, 0.15) is 6.61 Å². The van der Waals surface area contributed by atoms with Crippen molar-refractivity contribution in [2.75, 3.05) is 13.5 Å². The van der Waals surface area contributed by atoms with Crippen LogP contribution < -0.4 is 0 Å². The third-order valence-corrected chi connectivity index (χ3v) is 3.96. The van der Waals surface area contributed by atoms with Crippen molar-refractivity contribution in [2.45, 2.75) is 17.6 Å². The molecule has 0 spiro atoms. The zero-order valence-corrected chi connectivity index (χ0v) is 14.7. The van der Waals surface area contributed by atoms with Crippen molar-refractivity contribution in [1.82, 2.24) is 0 Å². The number of aliphatic hydroxyl groups is 1. The van der Waals surface area contributed by atoms with Gasteiger partial charge in [-0.2, -0.15) is 17.6 Å². The molecule has 156 valence electrons. The summed E-state index contributed by atoms with van der Waals surface area (Å²) in [5.74, 6) is -8.77. The second kappa shape index (κ2) is 8.66. The monoisotopic (exact) mass is 418 g/mol. The van der Waals surface area contributed by atoms with Crippen molar-refractivity contribution in [3.05, 3.63) is 71.8 Å². The standard InChI is InChI=1S/C19H15F5O5/c20-12-29-18(21,19(22,23)24)16(26)28-11-17(27,14-9-5-2-6-10-14)15(25)13-7-3-1-4-8-13/h1-10,27H,11-12H2. The first-order chi connectivity index (χ1) is 13.6. The van der Waals surface area contributed by atoms with Crippen LogP contribution in [0.5, 0.6) is 0 Å². The molecule has 0 fully saturated rings. The Kier molecular flexibility index (Phi) is 6.70. The lowest BCUT2D eigenvalue weighted by atomic mass is 9.86. The molecule has 2 unspecified atom stereocenters. The average Bonchev–Trinajstić information content (AvgIpc) is 2.71. The molecule has 0 saturated heterocycles. The van der Waals surface area contributed by atoms with Gasteiger partial charge in [-0.1, -0.05) is 60.7 Å². The quantitative estimate of drug-likeness (QED) is 0.404. The van der Waals surface area contributed by atoms with Gasteiger partial charge in [0.25, 0.3) is 0 Å². The molecule has 2 aromatic carbocycles. The van der Waals surface area contributed by atoms with Crippen molar-refractivity contribution in [2.24, 2.45) is 0 Å². The van der Waals surface area contributed by atoms with Gasteiger partial charge in [-0.25, -0.2) is 9.18 Å². The number of rotatable bonds is 8. The van der Waals surface area contributed by atoms with Crippen LogP contribution in [0.1, 0.15) is 15.9 Å². The molecule has 1 N–H and O–H groups in total. The van der Waals surface area contributed by atoms with Crippen LogP contribution >= 0.6 is 0 Å². The Balaban J connectivity index is 2.37. The van der Waals surface area contributed by atoms with Gasteiger partial charge in [0.15, 0.2) is 12.5 Å². The normalized spacial score (nSPS) is 15.8. The van der Waals surface area contributed by atoms with Gasteiger partial charge in [0.05, 0.1) is 0 Å². The summed E-state index contributed by atoms with van der Waals surface area (Å²) >= 11 is 0. The van der Waals surface area contributed by atoms with Gasteiger partial charge in [0, 0.05) is 5.56 Å². The fourth-order valence-corrected chi connectivity index (χ4v) is 2.42. The van der Waals surface area contributed by atoms with Gasteiger partial charge in [-0.3, -0.25) is 9.53 Å². The lowest BCUT2D eigenvalue weighted by molar-refractivity contribution is -0.332. The van der Waals surface area contributed by atoms with Gasteiger partial charge >= 0.3 is 18.0 Å². The summed E-state index contributed by atoms with van der Waals surface area (Å²) in [4.78, 5) is 24.5. The van der Waals surface area contributed by atoms with Crippen molar-refractivity contribution < 1.29 is 46.1 Å². The minimum atomic E-state index is -5.95. The number of carbonyl (C=O) groups excluding carboxylic acids is 2. The molecule has 0 saturated carbocycles. The van der Waals surface area contributed by atoms with E-state index >= 15 is 0 Å². The molecule has 5 nitrogen and oxygen atoms in total. The summed E-state index contributed by atoms with van der Waals surface area (Å²) < 4.78 is 72.1. The van der Waals surface area contributed by atoms with Crippen LogP contribution in [-0.4, -0.2) is 42.4 Å². The maximum Gasteiger partial charge on any atom is 0.460 e. The molecule has 0 aliphatic carbocycles. The Morgan fingerprint density at radius 3 is 1.90 bits per heavy atom. The third-order valence-electron chi connectivity index (χ3n) is 3.96. The van der Waals surface area contributed by atoms with E-state index in [9.17, 15) is 36.6 Å². The zero-order chi connectivity index (χ0) is 21.7. The van der Waals surface area contributed by atoms with Crippen LogP contribution in [0.4, 0.5) is 22.0 Å². The predicted molar refractivity (Wildman–Crippen MR) is 89.0 cm³/mol. The van der Waals surface area contributed by atoms with E-state index in [-0.39, 0.29) is 11.1 Å². The first-order valence-electron chi connectivity index (χ1n) is 8.07. The maximum absolute atomic E-state index is 14.0. The molecule has 2 rings (SSSR count). The molecule has 0 bridgehead atoms. The summed E-state index contributed by atoms with van der Waals surface area (Å²) in [5.41, 5.74) is -2.80. The number of Topliss-reactive ketones (excluding diaryl/α,β-unsaturated/α-hetero) is 1. The average molecular weight is 418 g/mol. The van der Waals surface area contributed by atoms with Crippen molar-refractivity contribution in [1.29, 1.82) is 0 Å². The molecule has 0 amide bonds. The van der Waals surface area contributed by atoms with E-state index in [0.717, 1.165) is 0 Å². The Labute approximate surface area is 161 Å². The molecule has 2 atom stereocenters. The summed E-state index contributed by atoms with van der Waals surface area (Å²) in [7, 11) is 0. The van der Waals surface area contributed by atoms with Gasteiger partial charge in [-0.15, -0.1) is 0 Å². The van der Waals surface area contributed by atoms with Crippen LogP contribution in [0.15, 0.2) is 60.7 Å². The second-order valence-electron chi connectivity index (χ2n) is 5.84. The number of hydrogen-bond donors (Lipinski definition) is 1. The Hall–Kier alpha value is -2.85. The topological polar surface area (TPSA) is 72.8 Å². The number of halogens is 5. The molecular formula is C19H15F5O5. The predicted octanol–water partition coefficient (Wildman–Crippen LogP) is 3.47. The van der Waals surface area contributed by atoms with E-state index in [1.807, 2.05) is 0 Å². The SMILES string of the molecule is O=C(c1ccccc1)C(O)(COC(=O)C(F)(OCF)C(F)(F)F)c1ccccc1. The molecule has 0 heterocycles. The molecule has 2 aromatic rings. The van der Waals surface area contributed by atoms with Crippen molar-refractivity contribution in [3.8, 4) is 0 Å². The summed E-state index contributed by atoms with van der Waals surface area (Å²) in [5, 5.41) is 10.9. The number of benzene rings is 2. The highest BCUT2D eigenvalue weighted by Gasteiger charge is 2.65. The molecule has 0 radical (unpaired) electrons. The zero-order valence-electron chi connectivity index (χ0n) is 14.7. The summed E-state index contributed by atoms with van der Waals surface area (Å²) in [6.07, 6.45) is -5.95. The van der Waals surface area contributed by atoms with Crippen LogP contribution in [0, 0.1) is 0 Å². The van der Waals surface area contributed by atoms with E-state index in [1.165, 1.54) is 54.6 Å². The molecule has 10 heteroatoms. The van der Waals surface area contributed by atoms with Gasteiger partial charge < -0.3 is 9.84 Å². The van der Waals surface area contributed by atoms with Gasteiger partial charge in [-0.05, 0) is 5.56 Å². The van der Waals surface area contributed by atoms with E-state index < -0.39 is 42.9 Å². The van der Waals surface area contributed by atoms with Crippen molar-refractivity contribution in [3.63, 3.8) is 0 Å². The minimum Gasteiger partial charge on any atom is -0.457 e. The first-order valence-corrected chi connectivity index (χ1v) is 8.07. The largest absolute Gasteiger partial charge is 0.460 e. The highest BCUT2D eigenvalue weighted by atomic mass is 19.4. The van der Waals surface area contributed by atoms with E-state index in [1.54, 1.807) is 6.07 Å². The fourth-order valence-electron chi connectivity index (χ4n) is 2.42. The smallest absolute Gasteiger partial charge is 0.457 e. The number of ether oxygens (including phenoxy) is 2. The summed E-state index contributed by atoms with van der Waals surface area (Å²) in [6, 6.07) is 14.1. The molecule has 0 aliphatic rings. The minimum absolute atomic E-state index is 0.0442. The van der Waals surface area contributed by atoms with Gasteiger partial charge in [0.2, 0.25) is 5.78 Å². The van der Waals surface area contributed by atoms with Crippen molar-refractivity contribution >= 4 is 11.8 Å². The van der Waals surface area contributed by atoms with E-state index in [4.69, 9.17) is 0 Å². The molecular weight excluding hydrogens is 403 g/mol. The summed E-state index contributed by atoms with van der Waals surface area (Å²) in [6.45, 7) is -3.64. The van der Waals surface area contributed by atoms with Crippen LogP contribution in [-0.2, 0) is 19.9 Å². The number of alkyl halides is 5. The maximum atomic E-state index is 14.0. The molecule has 29 heavy (non-hydrogen) atoms. The number of hydrogen-bond acceptors (Lipinski definition) is 5. The van der Waals surface area contributed by atoms with Crippen LogP contribution in [0.3, 0.4) is 0 Å². The second-order valence-corrected chi connectivity index (χ2v) is 5.84. The molecule has 0 aromatic heterocycles. The lowest BCUT2D eigenvalue weighted by Crippen LogP contribution is -2.53. The number of carbonyl (C=O) groups is 2.